The van der Waals surface area contributed by atoms with Crippen LogP contribution in [-0.4, -0.2) is 54.6 Å². The fourth-order valence-corrected chi connectivity index (χ4v) is 5.38. The summed E-state index contributed by atoms with van der Waals surface area (Å²) in [6.07, 6.45) is 4.69. The van der Waals surface area contributed by atoms with Crippen molar-refractivity contribution in [2.45, 2.75) is 45.8 Å². The second-order valence-corrected chi connectivity index (χ2v) is 9.26. The molecule has 0 radical (unpaired) electrons. The van der Waals surface area contributed by atoms with Crippen molar-refractivity contribution < 1.29 is 27.8 Å². The van der Waals surface area contributed by atoms with Crippen molar-refractivity contribution in [1.29, 1.82) is 0 Å². The number of nitrogens with zero attached hydrogens (tertiary/aromatic N) is 3. The number of cyclic esters (lactones) is 1. The van der Waals surface area contributed by atoms with Gasteiger partial charge < -0.3 is 19.3 Å². The van der Waals surface area contributed by atoms with Crippen LogP contribution in [-0.2, 0) is 22.6 Å². The summed E-state index contributed by atoms with van der Waals surface area (Å²) >= 11 is 0. The Bertz CT molecular complexity index is 1100. The van der Waals surface area contributed by atoms with Gasteiger partial charge in [0.05, 0.1) is 22.9 Å². The normalized spacial score (nSPS) is 19.7. The lowest BCUT2D eigenvalue weighted by Crippen LogP contribution is -2.45. The van der Waals surface area contributed by atoms with Crippen molar-refractivity contribution in [3.63, 3.8) is 0 Å². The monoisotopic (exact) mass is 471 g/mol. The third-order valence-electron chi connectivity index (χ3n) is 7.54. The van der Waals surface area contributed by atoms with Crippen molar-refractivity contribution in [2.75, 3.05) is 31.1 Å². The molecule has 34 heavy (non-hydrogen) atoms. The van der Waals surface area contributed by atoms with E-state index in [1.807, 2.05) is 19.1 Å². The molecule has 2 saturated heterocycles. The Balaban J connectivity index is 1.17. The molecule has 3 aliphatic rings. The summed E-state index contributed by atoms with van der Waals surface area (Å²) in [7, 11) is 0. The van der Waals surface area contributed by atoms with Gasteiger partial charge in [0.15, 0.2) is 0 Å². The number of likely N-dealkylation sites (tertiary alicyclic amines) is 1. The summed E-state index contributed by atoms with van der Waals surface area (Å²) in [5.74, 6) is -0.309. The van der Waals surface area contributed by atoms with E-state index in [2.05, 4.69) is 14.6 Å². The van der Waals surface area contributed by atoms with Crippen LogP contribution in [0.3, 0.4) is 0 Å². The van der Waals surface area contributed by atoms with Crippen molar-refractivity contribution in [2.24, 2.45) is 5.41 Å². The Labute approximate surface area is 196 Å². The third kappa shape index (κ3) is 4.13. The number of amides is 1. The van der Waals surface area contributed by atoms with E-state index in [-0.39, 0.29) is 23.2 Å². The van der Waals surface area contributed by atoms with E-state index in [0.717, 1.165) is 56.4 Å². The van der Waals surface area contributed by atoms with E-state index in [1.54, 1.807) is 11.0 Å². The number of pyridine rings is 1. The molecule has 0 atom stereocenters. The lowest BCUT2D eigenvalue weighted by Gasteiger charge is -2.38. The molecule has 1 aromatic heterocycles. The van der Waals surface area contributed by atoms with Gasteiger partial charge in [0.1, 0.15) is 6.61 Å². The average Bonchev–Trinajstić information content (AvgIpc) is 3.35. The Kier molecular flexibility index (Phi) is 5.97. The van der Waals surface area contributed by atoms with Crippen molar-refractivity contribution in [1.82, 2.24) is 9.88 Å². The van der Waals surface area contributed by atoms with Crippen molar-refractivity contribution >= 4 is 17.6 Å². The van der Waals surface area contributed by atoms with Crippen LogP contribution in [0.15, 0.2) is 30.5 Å². The Morgan fingerprint density at radius 1 is 1.12 bits per heavy atom. The van der Waals surface area contributed by atoms with Crippen LogP contribution in [0, 0.1) is 12.3 Å². The smallest absolute Gasteiger partial charge is 0.388 e. The zero-order valence-corrected chi connectivity index (χ0v) is 19.1. The molecular formula is C25H27F2N3O4. The largest absolute Gasteiger partial charge is 0.457 e. The molecule has 0 unspecified atom stereocenters. The maximum Gasteiger partial charge on any atom is 0.388 e. The number of esters is 1. The lowest BCUT2D eigenvalue weighted by atomic mass is 9.77. The van der Waals surface area contributed by atoms with E-state index < -0.39 is 6.61 Å². The number of rotatable bonds is 6. The molecule has 1 aromatic carbocycles. The topological polar surface area (TPSA) is 72.0 Å². The highest BCUT2D eigenvalue weighted by molar-refractivity contribution is 5.99. The van der Waals surface area contributed by atoms with Crippen LogP contribution >= 0.6 is 0 Å². The third-order valence-corrected chi connectivity index (χ3v) is 7.54. The molecule has 0 N–H and O–H groups in total. The summed E-state index contributed by atoms with van der Waals surface area (Å²) < 4.78 is 34.1. The van der Waals surface area contributed by atoms with Crippen LogP contribution < -0.4 is 9.64 Å². The molecular weight excluding hydrogens is 444 g/mol. The van der Waals surface area contributed by atoms with Gasteiger partial charge in [0.25, 0.3) is 0 Å². The van der Waals surface area contributed by atoms with E-state index in [9.17, 15) is 18.4 Å². The predicted octanol–water partition coefficient (Wildman–Crippen LogP) is 3.72. The Morgan fingerprint density at radius 2 is 1.88 bits per heavy atom. The summed E-state index contributed by atoms with van der Waals surface area (Å²) in [5, 5.41) is 0. The number of alkyl halides is 2. The van der Waals surface area contributed by atoms with E-state index in [4.69, 9.17) is 4.74 Å². The lowest BCUT2D eigenvalue weighted by molar-refractivity contribution is -0.128. The second kappa shape index (κ2) is 8.94. The maximum absolute atomic E-state index is 13.3. The first-order valence-corrected chi connectivity index (χ1v) is 11.6. The molecule has 2 fully saturated rings. The molecule has 180 valence electrons. The highest BCUT2D eigenvalue weighted by Crippen LogP contribution is 2.43. The highest BCUT2D eigenvalue weighted by Gasteiger charge is 2.48. The predicted molar refractivity (Wildman–Crippen MR) is 120 cm³/mol. The maximum atomic E-state index is 13.3. The number of carbonyl (C=O) groups is 2. The summed E-state index contributed by atoms with van der Waals surface area (Å²) in [4.78, 5) is 33.1. The average molecular weight is 472 g/mol. The van der Waals surface area contributed by atoms with Crippen LogP contribution in [0.4, 0.5) is 14.5 Å². The van der Waals surface area contributed by atoms with Gasteiger partial charge >= 0.3 is 12.6 Å². The number of benzene rings is 1. The Hall–Kier alpha value is -3.07. The molecule has 0 saturated carbocycles. The minimum Gasteiger partial charge on any atom is -0.457 e. The van der Waals surface area contributed by atoms with E-state index in [0.29, 0.717) is 24.4 Å². The standard InChI is InChI=1S/C25H27F2N3O4/c1-16-17(2-4-19-20(16)15-33-22(19)31)6-10-29-11-7-25(8-12-29)9-13-30(23(25)32)18-3-5-21(28-14-18)34-24(26)27/h2-5,14,24H,6-13,15H2,1H3. The minimum absolute atomic E-state index is 0.0932. The fraction of sp³-hybridized carbons (Fsp3) is 0.480. The zero-order valence-electron chi connectivity index (χ0n) is 19.1. The molecule has 7 nitrogen and oxygen atoms in total. The molecule has 5 rings (SSSR count). The number of aromatic nitrogens is 1. The summed E-state index contributed by atoms with van der Waals surface area (Å²) in [5.41, 5.74) is 4.29. The quantitative estimate of drug-likeness (QED) is 0.598. The molecule has 3 aliphatic heterocycles. The van der Waals surface area contributed by atoms with Crippen LogP contribution in [0.25, 0.3) is 0 Å². The number of hydrogen-bond acceptors (Lipinski definition) is 6. The minimum atomic E-state index is -2.93. The molecule has 1 spiro atoms. The Morgan fingerprint density at radius 3 is 2.59 bits per heavy atom. The molecule has 2 aromatic rings. The number of fused-ring (bicyclic) bond motifs is 1. The van der Waals surface area contributed by atoms with Gasteiger partial charge in [0, 0.05) is 24.7 Å². The van der Waals surface area contributed by atoms with E-state index in [1.165, 1.54) is 17.8 Å². The summed E-state index contributed by atoms with van der Waals surface area (Å²) in [6.45, 7) is 2.69. The van der Waals surface area contributed by atoms with Gasteiger partial charge in [-0.2, -0.15) is 8.78 Å². The van der Waals surface area contributed by atoms with Gasteiger partial charge in [-0.05, 0) is 69.0 Å². The number of piperidine rings is 1. The summed E-state index contributed by atoms with van der Waals surface area (Å²) in [6, 6.07) is 6.86. The van der Waals surface area contributed by atoms with Gasteiger partial charge in [-0.15, -0.1) is 0 Å². The van der Waals surface area contributed by atoms with Crippen LogP contribution in [0.5, 0.6) is 5.88 Å². The van der Waals surface area contributed by atoms with Gasteiger partial charge in [-0.25, -0.2) is 9.78 Å². The van der Waals surface area contributed by atoms with Crippen molar-refractivity contribution in [3.8, 4) is 5.88 Å². The second-order valence-electron chi connectivity index (χ2n) is 9.26. The molecule has 1 amide bonds. The molecule has 0 aliphatic carbocycles. The number of carbonyl (C=O) groups excluding carboxylic acids is 2. The van der Waals surface area contributed by atoms with Crippen molar-refractivity contribution in [3.05, 3.63) is 52.7 Å². The number of anilines is 1. The van der Waals surface area contributed by atoms with Crippen LogP contribution in [0.2, 0.25) is 0 Å². The van der Waals surface area contributed by atoms with Gasteiger partial charge in [-0.1, -0.05) is 6.07 Å². The molecule has 0 bridgehead atoms. The number of hydrogen-bond donors (Lipinski definition) is 0. The highest BCUT2D eigenvalue weighted by atomic mass is 19.3. The first-order valence-electron chi connectivity index (χ1n) is 11.6. The molecule has 4 heterocycles. The van der Waals surface area contributed by atoms with Gasteiger partial charge in [-0.3, -0.25) is 4.79 Å². The SMILES string of the molecule is Cc1c(CCN2CCC3(CC2)CCN(c2ccc(OC(F)F)nc2)C3=O)ccc2c1COC2=O. The fourth-order valence-electron chi connectivity index (χ4n) is 5.38. The first-order chi connectivity index (χ1) is 16.4. The van der Waals surface area contributed by atoms with Gasteiger partial charge in [0.2, 0.25) is 11.8 Å². The zero-order chi connectivity index (χ0) is 23.9. The molecule has 9 heteroatoms. The van der Waals surface area contributed by atoms with E-state index >= 15 is 0 Å². The number of ether oxygens (including phenoxy) is 2. The number of halogens is 2. The van der Waals surface area contributed by atoms with Crippen LogP contribution in [0.1, 0.15) is 46.3 Å². The first kappa shape index (κ1) is 22.7.